The second kappa shape index (κ2) is 4.94. The number of nitrogens with zero attached hydrogens (tertiary/aromatic N) is 2. The van der Waals surface area contributed by atoms with Crippen LogP contribution in [-0.4, -0.2) is 34.7 Å². The van der Waals surface area contributed by atoms with E-state index in [1.54, 1.807) is 0 Å². The zero-order chi connectivity index (χ0) is 13.4. The summed E-state index contributed by atoms with van der Waals surface area (Å²) in [6.45, 7) is 2.73. The highest BCUT2D eigenvalue weighted by molar-refractivity contribution is 5.72. The fraction of sp³-hybridized carbons (Fsp3) is 0.533. The van der Waals surface area contributed by atoms with Gasteiger partial charge in [0.15, 0.2) is 5.58 Å². The van der Waals surface area contributed by atoms with E-state index < -0.39 is 0 Å². The predicted octanol–water partition coefficient (Wildman–Crippen LogP) is 2.59. The first-order chi connectivity index (χ1) is 9.15. The van der Waals surface area contributed by atoms with Crippen molar-refractivity contribution in [2.75, 3.05) is 13.6 Å². The summed E-state index contributed by atoms with van der Waals surface area (Å²) >= 11 is 0. The van der Waals surface area contributed by atoms with Crippen molar-refractivity contribution in [2.24, 2.45) is 5.92 Å². The van der Waals surface area contributed by atoms with Gasteiger partial charge in [0.05, 0.1) is 12.1 Å². The summed E-state index contributed by atoms with van der Waals surface area (Å²) in [6.07, 6.45) is 2.09. The number of rotatable bonds is 5. The largest absolute Gasteiger partial charge is 0.439 e. The highest BCUT2D eigenvalue weighted by atomic mass is 16.3. The molecule has 0 aliphatic heterocycles. The number of benzene rings is 1. The van der Waals surface area contributed by atoms with E-state index in [9.17, 15) is 5.11 Å². The van der Waals surface area contributed by atoms with Crippen molar-refractivity contribution in [1.82, 2.24) is 9.88 Å². The van der Waals surface area contributed by atoms with E-state index in [4.69, 9.17) is 4.42 Å². The number of aromatic nitrogens is 1. The average Bonchev–Trinajstić information content (AvgIpc) is 3.16. The first kappa shape index (κ1) is 12.6. The highest BCUT2D eigenvalue weighted by Crippen LogP contribution is 2.33. The Morgan fingerprint density at radius 2 is 2.16 bits per heavy atom. The van der Waals surface area contributed by atoms with E-state index >= 15 is 0 Å². The smallest absolute Gasteiger partial charge is 0.212 e. The molecule has 0 saturated heterocycles. The molecule has 0 amide bonds. The molecule has 4 heteroatoms. The van der Waals surface area contributed by atoms with Crippen LogP contribution in [-0.2, 0) is 0 Å². The third-order valence-electron chi connectivity index (χ3n) is 3.97. The molecule has 1 saturated carbocycles. The normalized spacial score (nSPS) is 18.9. The first-order valence-electron chi connectivity index (χ1n) is 6.89. The van der Waals surface area contributed by atoms with E-state index in [0.717, 1.165) is 23.9 Å². The minimum absolute atomic E-state index is 0.0702. The standard InChI is InChI=1S/C15H20N2O2/c1-10(17(2)9-13(18)11-7-8-11)15-16-12-5-3-4-6-14(12)19-15/h3-6,10-11,13,18H,7-9H2,1-2H3. The highest BCUT2D eigenvalue weighted by Gasteiger charge is 2.31. The predicted molar refractivity (Wildman–Crippen MR) is 73.8 cm³/mol. The Morgan fingerprint density at radius 1 is 1.42 bits per heavy atom. The van der Waals surface area contributed by atoms with E-state index in [0.29, 0.717) is 18.4 Å². The Bertz CT molecular complexity index is 529. The summed E-state index contributed by atoms with van der Waals surface area (Å²) in [5.74, 6) is 1.21. The second-order valence-corrected chi connectivity index (χ2v) is 5.54. The lowest BCUT2D eigenvalue weighted by atomic mass is 10.2. The molecule has 1 aliphatic rings. The van der Waals surface area contributed by atoms with Crippen molar-refractivity contribution in [3.8, 4) is 0 Å². The monoisotopic (exact) mass is 260 g/mol. The van der Waals surface area contributed by atoms with Gasteiger partial charge in [0, 0.05) is 6.54 Å². The molecule has 0 spiro atoms. The third kappa shape index (κ3) is 2.65. The molecule has 0 radical (unpaired) electrons. The van der Waals surface area contributed by atoms with Crippen LogP contribution in [0.15, 0.2) is 28.7 Å². The Morgan fingerprint density at radius 3 is 2.84 bits per heavy atom. The van der Waals surface area contributed by atoms with Crippen LogP contribution < -0.4 is 0 Å². The van der Waals surface area contributed by atoms with Crippen LogP contribution in [0.2, 0.25) is 0 Å². The van der Waals surface area contributed by atoms with Gasteiger partial charge in [-0.15, -0.1) is 0 Å². The lowest BCUT2D eigenvalue weighted by Gasteiger charge is -2.24. The van der Waals surface area contributed by atoms with Crippen molar-refractivity contribution in [3.05, 3.63) is 30.2 Å². The van der Waals surface area contributed by atoms with Crippen LogP contribution in [0.4, 0.5) is 0 Å². The first-order valence-corrected chi connectivity index (χ1v) is 6.89. The Labute approximate surface area is 113 Å². The zero-order valence-electron chi connectivity index (χ0n) is 11.4. The van der Waals surface area contributed by atoms with E-state index in [-0.39, 0.29) is 12.1 Å². The molecule has 4 nitrogen and oxygen atoms in total. The van der Waals surface area contributed by atoms with Gasteiger partial charge in [-0.05, 0) is 44.9 Å². The Balaban J connectivity index is 1.72. The van der Waals surface area contributed by atoms with Crippen molar-refractivity contribution < 1.29 is 9.52 Å². The number of oxazole rings is 1. The van der Waals surface area contributed by atoms with Crippen molar-refractivity contribution in [3.63, 3.8) is 0 Å². The van der Waals surface area contributed by atoms with Gasteiger partial charge in [-0.3, -0.25) is 4.90 Å². The van der Waals surface area contributed by atoms with Gasteiger partial charge in [-0.2, -0.15) is 0 Å². The number of likely N-dealkylation sites (N-methyl/N-ethyl adjacent to an activating group) is 1. The van der Waals surface area contributed by atoms with Gasteiger partial charge in [0.1, 0.15) is 5.52 Å². The number of aliphatic hydroxyl groups excluding tert-OH is 1. The molecule has 3 rings (SSSR count). The summed E-state index contributed by atoms with van der Waals surface area (Å²) in [4.78, 5) is 6.62. The minimum atomic E-state index is -0.225. The number of para-hydroxylation sites is 2. The molecule has 1 aromatic carbocycles. The van der Waals surface area contributed by atoms with E-state index in [2.05, 4.69) is 16.8 Å². The molecule has 1 N–H and O–H groups in total. The van der Waals surface area contributed by atoms with Crippen molar-refractivity contribution in [1.29, 1.82) is 0 Å². The maximum atomic E-state index is 10.0. The number of fused-ring (bicyclic) bond motifs is 1. The Hall–Kier alpha value is -1.39. The average molecular weight is 260 g/mol. The number of aliphatic hydroxyl groups is 1. The van der Waals surface area contributed by atoms with Crippen LogP contribution in [0.25, 0.3) is 11.1 Å². The summed E-state index contributed by atoms with van der Waals surface area (Å²) in [5, 5.41) is 10.0. The molecule has 0 bridgehead atoms. The lowest BCUT2D eigenvalue weighted by Crippen LogP contribution is -2.32. The molecule has 2 atom stereocenters. The molecule has 2 unspecified atom stereocenters. The molecular weight excluding hydrogens is 240 g/mol. The van der Waals surface area contributed by atoms with Crippen molar-refractivity contribution >= 4 is 11.1 Å². The molecule has 1 heterocycles. The van der Waals surface area contributed by atoms with Gasteiger partial charge in [-0.1, -0.05) is 12.1 Å². The summed E-state index contributed by atoms with van der Waals surface area (Å²) < 4.78 is 5.77. The fourth-order valence-electron chi connectivity index (χ4n) is 2.34. The number of hydrogen-bond acceptors (Lipinski definition) is 4. The van der Waals surface area contributed by atoms with E-state index in [1.165, 1.54) is 0 Å². The van der Waals surface area contributed by atoms with Crippen LogP contribution in [0, 0.1) is 5.92 Å². The molecule has 2 aromatic rings. The molecule has 1 aliphatic carbocycles. The SMILES string of the molecule is CC(c1nc2ccccc2o1)N(C)CC(O)C1CC1. The molecule has 102 valence electrons. The van der Waals surface area contributed by atoms with Gasteiger partial charge in [0.2, 0.25) is 5.89 Å². The van der Waals surface area contributed by atoms with Gasteiger partial charge in [0.25, 0.3) is 0 Å². The Kier molecular flexibility index (Phi) is 3.29. The molecule has 19 heavy (non-hydrogen) atoms. The van der Waals surface area contributed by atoms with Gasteiger partial charge < -0.3 is 9.52 Å². The van der Waals surface area contributed by atoms with Crippen LogP contribution in [0.3, 0.4) is 0 Å². The quantitative estimate of drug-likeness (QED) is 0.897. The zero-order valence-corrected chi connectivity index (χ0v) is 11.4. The van der Waals surface area contributed by atoms with Crippen LogP contribution in [0.1, 0.15) is 31.7 Å². The van der Waals surface area contributed by atoms with Crippen molar-refractivity contribution in [2.45, 2.75) is 31.9 Å². The molecule has 1 fully saturated rings. The topological polar surface area (TPSA) is 49.5 Å². The van der Waals surface area contributed by atoms with E-state index in [1.807, 2.05) is 31.3 Å². The van der Waals surface area contributed by atoms with Gasteiger partial charge >= 0.3 is 0 Å². The maximum absolute atomic E-state index is 10.0. The second-order valence-electron chi connectivity index (χ2n) is 5.54. The minimum Gasteiger partial charge on any atom is -0.439 e. The summed E-state index contributed by atoms with van der Waals surface area (Å²) in [5.41, 5.74) is 1.71. The number of hydrogen-bond donors (Lipinski definition) is 1. The fourth-order valence-corrected chi connectivity index (χ4v) is 2.34. The third-order valence-corrected chi connectivity index (χ3v) is 3.97. The lowest BCUT2D eigenvalue weighted by molar-refractivity contribution is 0.0855. The molecular formula is C15H20N2O2. The van der Waals surface area contributed by atoms with Crippen LogP contribution in [0.5, 0.6) is 0 Å². The maximum Gasteiger partial charge on any atom is 0.212 e. The van der Waals surface area contributed by atoms with Gasteiger partial charge in [-0.25, -0.2) is 4.98 Å². The van der Waals surface area contributed by atoms with Crippen LogP contribution >= 0.6 is 0 Å². The summed E-state index contributed by atoms with van der Waals surface area (Å²) in [7, 11) is 2.01. The molecule has 1 aromatic heterocycles. The summed E-state index contributed by atoms with van der Waals surface area (Å²) in [6, 6.07) is 7.86.